The molecule has 0 aromatic carbocycles. The summed E-state index contributed by atoms with van der Waals surface area (Å²) in [5.41, 5.74) is 2.39. The van der Waals surface area contributed by atoms with Crippen molar-refractivity contribution in [3.63, 3.8) is 0 Å². The zero-order valence-corrected chi connectivity index (χ0v) is 10.4. The molecule has 0 amide bonds. The Morgan fingerprint density at radius 3 is 2.94 bits per heavy atom. The SMILES string of the molecule is Cc1cc(CCl)cnc1N1CC2CCC1C2. The van der Waals surface area contributed by atoms with E-state index >= 15 is 0 Å². The number of aryl methyl sites for hydroxylation is 1. The van der Waals surface area contributed by atoms with Crippen LogP contribution in [0.15, 0.2) is 12.3 Å². The number of halogens is 1. The summed E-state index contributed by atoms with van der Waals surface area (Å²) in [5, 5.41) is 0. The Kier molecular flexibility index (Phi) is 2.55. The number of piperidine rings is 1. The topological polar surface area (TPSA) is 16.1 Å². The average Bonchev–Trinajstić information content (AvgIpc) is 2.90. The number of rotatable bonds is 2. The van der Waals surface area contributed by atoms with E-state index in [-0.39, 0.29) is 0 Å². The lowest BCUT2D eigenvalue weighted by Crippen LogP contribution is -2.33. The van der Waals surface area contributed by atoms with Crippen LogP contribution in [0.4, 0.5) is 5.82 Å². The standard InChI is InChI=1S/C13H17ClN2/c1-9-4-11(6-14)7-15-13(9)16-8-10-2-3-12(16)5-10/h4,7,10,12H,2-3,5-6,8H2,1H3. The Morgan fingerprint density at radius 2 is 2.38 bits per heavy atom. The summed E-state index contributed by atoms with van der Waals surface area (Å²) in [7, 11) is 0. The lowest BCUT2D eigenvalue weighted by molar-refractivity contribution is 0.549. The molecule has 1 aromatic rings. The maximum atomic E-state index is 5.82. The molecule has 2 bridgehead atoms. The molecular formula is C13H17ClN2. The molecule has 1 saturated heterocycles. The van der Waals surface area contributed by atoms with Crippen LogP contribution in [0, 0.1) is 12.8 Å². The number of fused-ring (bicyclic) bond motifs is 2. The second-order valence-electron chi connectivity index (χ2n) is 5.10. The van der Waals surface area contributed by atoms with Crippen molar-refractivity contribution in [3.8, 4) is 0 Å². The van der Waals surface area contributed by atoms with Gasteiger partial charge in [-0.15, -0.1) is 11.6 Å². The molecule has 2 fully saturated rings. The first-order valence-electron chi connectivity index (χ1n) is 6.06. The molecule has 0 radical (unpaired) electrons. The van der Waals surface area contributed by atoms with Crippen molar-refractivity contribution >= 4 is 17.4 Å². The maximum Gasteiger partial charge on any atom is 0.131 e. The molecule has 2 atom stereocenters. The molecule has 2 heterocycles. The molecule has 1 aromatic heterocycles. The number of anilines is 1. The predicted octanol–water partition coefficient (Wildman–Crippen LogP) is 3.12. The Bertz CT molecular complexity index is 405. The summed E-state index contributed by atoms with van der Waals surface area (Å²) >= 11 is 5.82. The smallest absolute Gasteiger partial charge is 0.131 e. The van der Waals surface area contributed by atoms with Gasteiger partial charge in [-0.05, 0) is 49.3 Å². The van der Waals surface area contributed by atoms with Crippen LogP contribution < -0.4 is 4.90 Å². The van der Waals surface area contributed by atoms with E-state index in [9.17, 15) is 0 Å². The number of nitrogens with zero attached hydrogens (tertiary/aromatic N) is 2. The molecule has 3 heteroatoms. The summed E-state index contributed by atoms with van der Waals surface area (Å²) in [5.74, 6) is 2.65. The van der Waals surface area contributed by atoms with E-state index in [0.29, 0.717) is 5.88 Å². The van der Waals surface area contributed by atoms with Crippen LogP contribution >= 0.6 is 11.6 Å². The lowest BCUT2D eigenvalue weighted by atomic mass is 10.1. The first-order valence-corrected chi connectivity index (χ1v) is 6.59. The van der Waals surface area contributed by atoms with Crippen molar-refractivity contribution in [1.82, 2.24) is 4.98 Å². The van der Waals surface area contributed by atoms with Gasteiger partial charge >= 0.3 is 0 Å². The number of aromatic nitrogens is 1. The van der Waals surface area contributed by atoms with Crippen molar-refractivity contribution in [2.75, 3.05) is 11.4 Å². The van der Waals surface area contributed by atoms with Gasteiger partial charge in [0, 0.05) is 24.7 Å². The highest BCUT2D eigenvalue weighted by molar-refractivity contribution is 6.17. The van der Waals surface area contributed by atoms with Gasteiger partial charge in [0.05, 0.1) is 0 Å². The predicted molar refractivity (Wildman–Crippen MR) is 67.0 cm³/mol. The van der Waals surface area contributed by atoms with Gasteiger partial charge in [-0.3, -0.25) is 0 Å². The average molecular weight is 237 g/mol. The van der Waals surface area contributed by atoms with Gasteiger partial charge < -0.3 is 4.90 Å². The van der Waals surface area contributed by atoms with Crippen molar-refractivity contribution in [2.24, 2.45) is 5.92 Å². The Labute approximate surface area is 102 Å². The Morgan fingerprint density at radius 1 is 1.50 bits per heavy atom. The van der Waals surface area contributed by atoms with Gasteiger partial charge in [-0.25, -0.2) is 4.98 Å². The molecule has 2 nitrogen and oxygen atoms in total. The van der Waals surface area contributed by atoms with E-state index in [1.54, 1.807) is 0 Å². The van der Waals surface area contributed by atoms with E-state index in [1.807, 2.05) is 6.20 Å². The first kappa shape index (κ1) is 10.4. The van der Waals surface area contributed by atoms with E-state index in [2.05, 4.69) is 22.9 Å². The largest absolute Gasteiger partial charge is 0.353 e. The summed E-state index contributed by atoms with van der Waals surface area (Å²) in [6.07, 6.45) is 6.06. The second-order valence-corrected chi connectivity index (χ2v) is 5.37. The van der Waals surface area contributed by atoms with Crippen LogP contribution in [0.25, 0.3) is 0 Å². The van der Waals surface area contributed by atoms with Gasteiger partial charge in [0.25, 0.3) is 0 Å². The van der Waals surface area contributed by atoms with Gasteiger partial charge in [-0.1, -0.05) is 0 Å². The molecule has 2 aliphatic rings. The van der Waals surface area contributed by atoms with Crippen molar-refractivity contribution in [2.45, 2.75) is 38.1 Å². The van der Waals surface area contributed by atoms with Crippen LogP contribution in [-0.2, 0) is 5.88 Å². The summed E-state index contributed by atoms with van der Waals surface area (Å²) in [6.45, 7) is 3.35. The van der Waals surface area contributed by atoms with E-state index in [0.717, 1.165) is 17.5 Å². The normalized spacial score (nSPS) is 27.8. The molecule has 1 saturated carbocycles. The summed E-state index contributed by atoms with van der Waals surface area (Å²) < 4.78 is 0. The zero-order valence-electron chi connectivity index (χ0n) is 9.62. The fourth-order valence-corrected chi connectivity index (χ4v) is 3.33. The maximum absolute atomic E-state index is 5.82. The summed E-state index contributed by atoms with van der Waals surface area (Å²) in [6, 6.07) is 2.92. The Hall–Kier alpha value is -0.760. The lowest BCUT2D eigenvalue weighted by Gasteiger charge is -2.29. The number of alkyl halides is 1. The van der Waals surface area contributed by atoms with E-state index in [4.69, 9.17) is 11.6 Å². The van der Waals surface area contributed by atoms with Gasteiger partial charge in [0.1, 0.15) is 5.82 Å². The number of hydrogen-bond donors (Lipinski definition) is 0. The highest BCUT2D eigenvalue weighted by atomic mass is 35.5. The minimum absolute atomic E-state index is 0.556. The van der Waals surface area contributed by atoms with E-state index in [1.165, 1.54) is 37.2 Å². The van der Waals surface area contributed by atoms with E-state index < -0.39 is 0 Å². The van der Waals surface area contributed by atoms with Crippen molar-refractivity contribution < 1.29 is 0 Å². The molecule has 0 spiro atoms. The molecule has 1 aliphatic heterocycles. The van der Waals surface area contributed by atoms with Gasteiger partial charge in [0.15, 0.2) is 0 Å². The van der Waals surface area contributed by atoms with Crippen LogP contribution in [0.1, 0.15) is 30.4 Å². The molecule has 86 valence electrons. The van der Waals surface area contributed by atoms with Crippen molar-refractivity contribution in [1.29, 1.82) is 0 Å². The minimum atomic E-state index is 0.556. The number of pyridine rings is 1. The quantitative estimate of drug-likeness (QED) is 0.734. The Balaban J connectivity index is 1.89. The molecule has 16 heavy (non-hydrogen) atoms. The molecular weight excluding hydrogens is 220 g/mol. The third-order valence-electron chi connectivity index (χ3n) is 3.94. The van der Waals surface area contributed by atoms with Gasteiger partial charge in [-0.2, -0.15) is 0 Å². The minimum Gasteiger partial charge on any atom is -0.353 e. The molecule has 2 unspecified atom stereocenters. The van der Waals surface area contributed by atoms with Crippen molar-refractivity contribution in [3.05, 3.63) is 23.4 Å². The summed E-state index contributed by atoms with van der Waals surface area (Å²) in [4.78, 5) is 7.09. The monoisotopic (exact) mass is 236 g/mol. The molecule has 3 rings (SSSR count). The molecule has 0 N–H and O–H groups in total. The fraction of sp³-hybridized carbons (Fsp3) is 0.615. The number of hydrogen-bond acceptors (Lipinski definition) is 2. The highest BCUT2D eigenvalue weighted by Gasteiger charge is 2.38. The van der Waals surface area contributed by atoms with Gasteiger partial charge in [0.2, 0.25) is 0 Å². The third-order valence-corrected chi connectivity index (χ3v) is 4.25. The third kappa shape index (κ3) is 1.60. The second kappa shape index (κ2) is 3.92. The fourth-order valence-electron chi connectivity index (χ4n) is 3.18. The molecule has 1 aliphatic carbocycles. The van der Waals surface area contributed by atoms with Crippen LogP contribution in [0.3, 0.4) is 0 Å². The van der Waals surface area contributed by atoms with Crippen LogP contribution in [0.2, 0.25) is 0 Å². The highest BCUT2D eigenvalue weighted by Crippen LogP contribution is 2.40. The zero-order chi connectivity index (χ0) is 11.1. The van der Waals surface area contributed by atoms with Crippen LogP contribution in [0.5, 0.6) is 0 Å². The van der Waals surface area contributed by atoms with Crippen LogP contribution in [-0.4, -0.2) is 17.6 Å². The first-order chi connectivity index (χ1) is 7.78.